The number of anilines is 1. The molecule has 4 heteroatoms. The molecular weight excluding hydrogens is 253 g/mol. The van der Waals surface area contributed by atoms with Crippen LogP contribution in [0.1, 0.15) is 18.1 Å². The van der Waals surface area contributed by atoms with Crippen molar-refractivity contribution < 1.29 is 4.39 Å². The molecule has 2 N–H and O–H groups in total. The molecule has 3 nitrogen and oxygen atoms in total. The zero-order valence-electron chi connectivity index (χ0n) is 11.9. The van der Waals surface area contributed by atoms with E-state index in [1.807, 2.05) is 43.3 Å². The van der Waals surface area contributed by atoms with Crippen molar-refractivity contribution in [2.75, 3.05) is 11.9 Å². The second kappa shape index (κ2) is 6.48. The Kier molecular flexibility index (Phi) is 4.69. The van der Waals surface area contributed by atoms with Crippen molar-refractivity contribution >= 4 is 5.82 Å². The zero-order chi connectivity index (χ0) is 14.5. The Hall–Kier alpha value is -1.94. The lowest BCUT2D eigenvalue weighted by Crippen LogP contribution is -2.20. The Labute approximate surface area is 119 Å². The highest BCUT2D eigenvalue weighted by atomic mass is 19.1. The third-order valence-corrected chi connectivity index (χ3v) is 3.12. The first-order valence-corrected chi connectivity index (χ1v) is 6.71. The number of nitrogens with zero attached hydrogens (tertiary/aromatic N) is 2. The molecule has 0 aliphatic heterocycles. The van der Waals surface area contributed by atoms with Gasteiger partial charge >= 0.3 is 0 Å². The molecule has 2 aromatic rings. The van der Waals surface area contributed by atoms with Gasteiger partial charge in [-0.15, -0.1) is 0 Å². The van der Waals surface area contributed by atoms with E-state index in [2.05, 4.69) is 4.98 Å². The van der Waals surface area contributed by atoms with E-state index >= 15 is 0 Å². The summed E-state index contributed by atoms with van der Waals surface area (Å²) in [6, 6.07) is 10.9. The van der Waals surface area contributed by atoms with Crippen LogP contribution in [-0.2, 0) is 13.0 Å². The van der Waals surface area contributed by atoms with Crippen LogP contribution in [0.3, 0.4) is 0 Å². The summed E-state index contributed by atoms with van der Waals surface area (Å²) in [7, 11) is 1.90. The number of benzene rings is 1. The summed E-state index contributed by atoms with van der Waals surface area (Å²) >= 11 is 0. The molecule has 1 unspecified atom stereocenters. The molecule has 0 aliphatic rings. The molecule has 0 saturated carbocycles. The molecule has 1 aromatic heterocycles. The fourth-order valence-electron chi connectivity index (χ4n) is 2.10. The largest absolute Gasteiger partial charge is 0.355 e. The number of halogens is 1. The van der Waals surface area contributed by atoms with Crippen LogP contribution >= 0.6 is 0 Å². The molecule has 2 rings (SSSR count). The summed E-state index contributed by atoms with van der Waals surface area (Å²) in [5.74, 6) is 0.634. The third-order valence-electron chi connectivity index (χ3n) is 3.12. The predicted molar refractivity (Wildman–Crippen MR) is 80.1 cm³/mol. The van der Waals surface area contributed by atoms with Crippen LogP contribution in [-0.4, -0.2) is 18.1 Å². The normalized spacial score (nSPS) is 12.2. The van der Waals surface area contributed by atoms with Crippen LogP contribution in [0, 0.1) is 5.82 Å². The van der Waals surface area contributed by atoms with Crippen molar-refractivity contribution in [2.45, 2.75) is 25.9 Å². The van der Waals surface area contributed by atoms with Gasteiger partial charge in [0.2, 0.25) is 0 Å². The van der Waals surface area contributed by atoms with Crippen LogP contribution in [0.2, 0.25) is 0 Å². The van der Waals surface area contributed by atoms with Crippen molar-refractivity contribution in [1.82, 2.24) is 4.98 Å². The van der Waals surface area contributed by atoms with E-state index in [4.69, 9.17) is 5.73 Å². The van der Waals surface area contributed by atoms with E-state index in [0.717, 1.165) is 17.8 Å². The van der Waals surface area contributed by atoms with Gasteiger partial charge in [0, 0.05) is 31.4 Å². The van der Waals surface area contributed by atoms with Gasteiger partial charge in [0.25, 0.3) is 0 Å². The summed E-state index contributed by atoms with van der Waals surface area (Å²) in [5.41, 5.74) is 7.54. The van der Waals surface area contributed by atoms with Gasteiger partial charge in [0.05, 0.1) is 0 Å². The fourth-order valence-corrected chi connectivity index (χ4v) is 2.10. The summed E-state index contributed by atoms with van der Waals surface area (Å²) in [6.45, 7) is 2.46. The van der Waals surface area contributed by atoms with Crippen molar-refractivity contribution in [3.63, 3.8) is 0 Å². The zero-order valence-corrected chi connectivity index (χ0v) is 11.9. The van der Waals surface area contributed by atoms with E-state index in [-0.39, 0.29) is 11.9 Å². The Bertz CT molecular complexity index is 552. The highest BCUT2D eigenvalue weighted by Gasteiger charge is 2.07. The van der Waals surface area contributed by atoms with Crippen LogP contribution in [0.4, 0.5) is 10.2 Å². The number of aromatic nitrogens is 1. The fraction of sp³-hybridized carbons (Fsp3) is 0.312. The van der Waals surface area contributed by atoms with Gasteiger partial charge in [0.15, 0.2) is 0 Å². The Balaban J connectivity index is 2.06. The maximum atomic E-state index is 13.6. The number of hydrogen-bond donors (Lipinski definition) is 1. The maximum absolute atomic E-state index is 13.6. The van der Waals surface area contributed by atoms with Crippen LogP contribution < -0.4 is 10.6 Å². The van der Waals surface area contributed by atoms with Crippen molar-refractivity contribution in [3.05, 3.63) is 59.5 Å². The van der Waals surface area contributed by atoms with Gasteiger partial charge in [-0.05, 0) is 31.0 Å². The molecule has 1 heterocycles. The predicted octanol–water partition coefficient (Wildman–Crippen LogP) is 2.75. The summed E-state index contributed by atoms with van der Waals surface area (Å²) < 4.78 is 13.6. The van der Waals surface area contributed by atoms with Crippen molar-refractivity contribution in [3.8, 4) is 0 Å². The molecule has 20 heavy (non-hydrogen) atoms. The van der Waals surface area contributed by atoms with Gasteiger partial charge in [-0.25, -0.2) is 9.37 Å². The van der Waals surface area contributed by atoms with E-state index < -0.39 is 0 Å². The van der Waals surface area contributed by atoms with Gasteiger partial charge in [0.1, 0.15) is 11.6 Å². The average molecular weight is 273 g/mol. The number of rotatable bonds is 5. The third kappa shape index (κ3) is 3.78. The molecule has 0 amide bonds. The lowest BCUT2D eigenvalue weighted by molar-refractivity contribution is 0.607. The van der Waals surface area contributed by atoms with Gasteiger partial charge in [-0.2, -0.15) is 0 Å². The number of hydrogen-bond acceptors (Lipinski definition) is 3. The molecule has 0 saturated heterocycles. The van der Waals surface area contributed by atoms with E-state index in [9.17, 15) is 4.39 Å². The van der Waals surface area contributed by atoms with Gasteiger partial charge < -0.3 is 10.6 Å². The first kappa shape index (κ1) is 14.5. The molecule has 1 aromatic carbocycles. The lowest BCUT2D eigenvalue weighted by atomic mass is 10.1. The van der Waals surface area contributed by atoms with Gasteiger partial charge in [-0.1, -0.05) is 24.3 Å². The second-order valence-electron chi connectivity index (χ2n) is 5.15. The number of nitrogens with two attached hydrogens (primary N) is 1. The summed E-state index contributed by atoms with van der Waals surface area (Å²) in [4.78, 5) is 6.33. The minimum Gasteiger partial charge on any atom is -0.355 e. The molecule has 1 atom stereocenters. The Morgan fingerprint density at radius 1 is 1.25 bits per heavy atom. The molecule has 0 spiro atoms. The summed E-state index contributed by atoms with van der Waals surface area (Å²) in [5, 5.41) is 0. The number of pyridine rings is 1. The molecule has 0 aliphatic carbocycles. The quantitative estimate of drug-likeness (QED) is 0.911. The molecule has 0 radical (unpaired) electrons. The lowest BCUT2D eigenvalue weighted by Gasteiger charge is -2.19. The SMILES string of the molecule is CC(N)Cc1ccc(N(C)Cc2ccccc2F)nc1. The van der Waals surface area contributed by atoms with Crippen LogP contribution in [0.25, 0.3) is 0 Å². The van der Waals surface area contributed by atoms with Crippen LogP contribution in [0.5, 0.6) is 0 Å². The second-order valence-corrected chi connectivity index (χ2v) is 5.15. The molecule has 0 bridgehead atoms. The first-order valence-electron chi connectivity index (χ1n) is 6.71. The standard InChI is InChI=1S/C16H20FN3/c1-12(18)9-13-7-8-16(19-10-13)20(2)11-14-5-3-4-6-15(14)17/h3-8,10,12H,9,11,18H2,1-2H3. The highest BCUT2D eigenvalue weighted by molar-refractivity contribution is 5.39. The Morgan fingerprint density at radius 2 is 2.00 bits per heavy atom. The highest BCUT2D eigenvalue weighted by Crippen LogP contribution is 2.15. The average Bonchev–Trinajstić information content (AvgIpc) is 2.41. The Morgan fingerprint density at radius 3 is 2.60 bits per heavy atom. The summed E-state index contributed by atoms with van der Waals surface area (Å²) in [6.07, 6.45) is 2.64. The topological polar surface area (TPSA) is 42.1 Å². The van der Waals surface area contributed by atoms with Crippen molar-refractivity contribution in [2.24, 2.45) is 5.73 Å². The van der Waals surface area contributed by atoms with E-state index in [1.54, 1.807) is 12.1 Å². The van der Waals surface area contributed by atoms with E-state index in [1.165, 1.54) is 6.07 Å². The maximum Gasteiger partial charge on any atom is 0.128 e. The molecular formula is C16H20FN3. The monoisotopic (exact) mass is 273 g/mol. The van der Waals surface area contributed by atoms with Crippen LogP contribution in [0.15, 0.2) is 42.6 Å². The van der Waals surface area contributed by atoms with E-state index in [0.29, 0.717) is 12.1 Å². The minimum absolute atomic E-state index is 0.124. The molecule has 0 fully saturated rings. The first-order chi connectivity index (χ1) is 9.56. The minimum atomic E-state index is -0.187. The van der Waals surface area contributed by atoms with Crippen molar-refractivity contribution in [1.29, 1.82) is 0 Å². The van der Waals surface area contributed by atoms with Gasteiger partial charge in [-0.3, -0.25) is 0 Å². The smallest absolute Gasteiger partial charge is 0.128 e. The molecule has 106 valence electrons.